The third kappa shape index (κ3) is 5.88. The fourth-order valence-electron chi connectivity index (χ4n) is 4.25. The van der Waals surface area contributed by atoms with Crippen molar-refractivity contribution < 1.29 is 9.90 Å². The Morgan fingerprint density at radius 2 is 1.96 bits per heavy atom. The van der Waals surface area contributed by atoms with E-state index in [-0.39, 0.29) is 6.42 Å². The van der Waals surface area contributed by atoms with Crippen LogP contribution >= 0.6 is 23.1 Å². The molecule has 0 saturated heterocycles. The van der Waals surface area contributed by atoms with Gasteiger partial charge in [0.05, 0.1) is 16.8 Å². The molecule has 2 fully saturated rings. The number of hydrogen-bond acceptors (Lipinski definition) is 6. The summed E-state index contributed by atoms with van der Waals surface area (Å²) in [6.07, 6.45) is 12.3. The monoisotopic (exact) mass is 409 g/mol. The molecule has 0 aliphatic heterocycles. The van der Waals surface area contributed by atoms with Gasteiger partial charge in [0.2, 0.25) is 0 Å². The molecule has 2 saturated carbocycles. The number of aliphatic carboxylic acids is 1. The Balaban J connectivity index is 1.60. The number of carbonyl (C=O) groups is 1. The number of thioether (sulfide) groups is 1. The number of nitrogens with one attached hydrogen (secondary N) is 1. The van der Waals surface area contributed by atoms with E-state index in [1.807, 2.05) is 6.20 Å². The molecule has 150 valence electrons. The number of hydrogen-bond donors (Lipinski definition) is 2. The van der Waals surface area contributed by atoms with Gasteiger partial charge in [-0.15, -0.1) is 11.8 Å². The minimum Gasteiger partial charge on any atom is -0.481 e. The van der Waals surface area contributed by atoms with Crippen molar-refractivity contribution in [2.75, 3.05) is 11.1 Å². The molecule has 1 aromatic heterocycles. The standard InChI is InChI=1S/C20H31N3O2S2/c1-14-7-9-17(10-8-14)23(16-5-3-4-6-16)15(2)22-20-21-13-19(27-20)26-12-11-18(24)25/h13-14,16-17H,2-12H2,1H3,(H,21,22)(H,24,25). The number of thiazole rings is 1. The van der Waals surface area contributed by atoms with Gasteiger partial charge in [-0.3, -0.25) is 4.79 Å². The van der Waals surface area contributed by atoms with Gasteiger partial charge in [0, 0.05) is 17.8 Å². The molecule has 2 aliphatic rings. The largest absolute Gasteiger partial charge is 0.481 e. The summed E-state index contributed by atoms with van der Waals surface area (Å²) >= 11 is 3.13. The molecule has 7 heteroatoms. The number of rotatable bonds is 9. The van der Waals surface area contributed by atoms with Crippen LogP contribution < -0.4 is 5.32 Å². The maximum Gasteiger partial charge on any atom is 0.304 e. The number of carboxylic acids is 1. The third-order valence-electron chi connectivity index (χ3n) is 5.70. The van der Waals surface area contributed by atoms with Crippen molar-refractivity contribution in [2.45, 2.75) is 81.0 Å². The van der Waals surface area contributed by atoms with E-state index >= 15 is 0 Å². The maximum atomic E-state index is 10.7. The van der Waals surface area contributed by atoms with Crippen LogP contribution in [-0.4, -0.2) is 38.8 Å². The molecule has 0 unspecified atom stereocenters. The van der Waals surface area contributed by atoms with Crippen LogP contribution in [-0.2, 0) is 4.79 Å². The quantitative estimate of drug-likeness (QED) is 0.531. The van der Waals surface area contributed by atoms with Crippen LogP contribution in [0.25, 0.3) is 0 Å². The Morgan fingerprint density at radius 1 is 1.30 bits per heavy atom. The van der Waals surface area contributed by atoms with Crippen molar-refractivity contribution in [1.82, 2.24) is 9.88 Å². The van der Waals surface area contributed by atoms with Gasteiger partial charge >= 0.3 is 5.97 Å². The molecule has 1 heterocycles. The van der Waals surface area contributed by atoms with Gasteiger partial charge in [-0.2, -0.15) is 0 Å². The zero-order chi connectivity index (χ0) is 19.2. The highest BCUT2D eigenvalue weighted by molar-refractivity contribution is 8.01. The van der Waals surface area contributed by atoms with Crippen molar-refractivity contribution in [3.8, 4) is 0 Å². The molecule has 1 aromatic rings. The minimum atomic E-state index is -0.757. The predicted molar refractivity (Wildman–Crippen MR) is 113 cm³/mol. The summed E-state index contributed by atoms with van der Waals surface area (Å²) in [7, 11) is 0. The van der Waals surface area contributed by atoms with Crippen molar-refractivity contribution in [3.05, 3.63) is 18.6 Å². The van der Waals surface area contributed by atoms with Crippen LogP contribution in [0.3, 0.4) is 0 Å². The summed E-state index contributed by atoms with van der Waals surface area (Å²) in [6.45, 7) is 6.74. The molecule has 0 bridgehead atoms. The fraction of sp³-hybridized carbons (Fsp3) is 0.700. The summed E-state index contributed by atoms with van der Waals surface area (Å²) in [6, 6.07) is 1.20. The zero-order valence-corrected chi connectivity index (χ0v) is 17.8. The van der Waals surface area contributed by atoms with E-state index in [4.69, 9.17) is 5.11 Å². The smallest absolute Gasteiger partial charge is 0.304 e. The Bertz CT molecular complexity index is 635. The number of anilines is 1. The Kier molecular flexibility index (Phi) is 7.47. The van der Waals surface area contributed by atoms with Gasteiger partial charge in [0.1, 0.15) is 5.82 Å². The normalized spacial score (nSPS) is 23.3. The van der Waals surface area contributed by atoms with Crippen LogP contribution in [0, 0.1) is 5.92 Å². The summed E-state index contributed by atoms with van der Waals surface area (Å²) in [4.78, 5) is 17.7. The molecule has 5 nitrogen and oxygen atoms in total. The minimum absolute atomic E-state index is 0.174. The van der Waals surface area contributed by atoms with Crippen LogP contribution in [0.15, 0.2) is 22.8 Å². The van der Waals surface area contributed by atoms with Gasteiger partial charge in [-0.25, -0.2) is 4.98 Å². The highest BCUT2D eigenvalue weighted by atomic mass is 32.2. The molecule has 0 atom stereocenters. The summed E-state index contributed by atoms with van der Waals surface area (Å²) in [5.74, 6) is 1.65. The van der Waals surface area contributed by atoms with Crippen LogP contribution in [0.1, 0.15) is 64.7 Å². The molecule has 27 heavy (non-hydrogen) atoms. The molecular weight excluding hydrogens is 378 g/mol. The van der Waals surface area contributed by atoms with Crippen molar-refractivity contribution in [2.24, 2.45) is 5.92 Å². The second kappa shape index (κ2) is 9.82. The SMILES string of the molecule is C=C(Nc1ncc(SCCC(=O)O)s1)N(C1CCCC1)C1CCC(C)CC1. The van der Waals surface area contributed by atoms with Crippen molar-refractivity contribution in [3.63, 3.8) is 0 Å². The lowest BCUT2D eigenvalue weighted by Crippen LogP contribution is -2.44. The van der Waals surface area contributed by atoms with Crippen molar-refractivity contribution >= 4 is 34.2 Å². The first-order valence-corrected chi connectivity index (χ1v) is 11.9. The Morgan fingerprint density at radius 3 is 2.63 bits per heavy atom. The van der Waals surface area contributed by atoms with Gasteiger partial charge in [-0.05, 0) is 44.4 Å². The first kappa shape index (κ1) is 20.5. The fourth-order valence-corrected chi connectivity index (χ4v) is 6.15. The molecule has 3 rings (SSSR count). The van der Waals surface area contributed by atoms with Crippen molar-refractivity contribution in [1.29, 1.82) is 0 Å². The number of carboxylic acid groups (broad SMARTS) is 1. The van der Waals surface area contributed by atoms with Crippen LogP contribution in [0.5, 0.6) is 0 Å². The molecule has 0 spiro atoms. The average molecular weight is 410 g/mol. The predicted octanol–water partition coefficient (Wildman–Crippen LogP) is 5.42. The van der Waals surface area contributed by atoms with E-state index < -0.39 is 5.97 Å². The topological polar surface area (TPSA) is 65.5 Å². The highest BCUT2D eigenvalue weighted by Gasteiger charge is 2.32. The molecule has 0 amide bonds. The second-order valence-electron chi connectivity index (χ2n) is 7.81. The van der Waals surface area contributed by atoms with Crippen LogP contribution in [0.2, 0.25) is 0 Å². The lowest BCUT2D eigenvalue weighted by molar-refractivity contribution is -0.136. The number of nitrogens with zero attached hydrogens (tertiary/aromatic N) is 2. The molecule has 2 N–H and O–H groups in total. The molecular formula is C20H31N3O2S2. The van der Waals surface area contributed by atoms with Gasteiger partial charge in [0.25, 0.3) is 0 Å². The van der Waals surface area contributed by atoms with E-state index in [1.54, 1.807) is 23.1 Å². The summed E-state index contributed by atoms with van der Waals surface area (Å²) in [5, 5.41) is 13.1. The third-order valence-corrected chi connectivity index (χ3v) is 7.81. The summed E-state index contributed by atoms with van der Waals surface area (Å²) in [5.41, 5.74) is 0. The lowest BCUT2D eigenvalue weighted by atomic mass is 9.86. The van der Waals surface area contributed by atoms with Gasteiger partial charge < -0.3 is 15.3 Å². The first-order valence-electron chi connectivity index (χ1n) is 10.1. The average Bonchev–Trinajstić information content (AvgIpc) is 3.29. The molecule has 2 aliphatic carbocycles. The zero-order valence-electron chi connectivity index (χ0n) is 16.2. The number of aromatic nitrogens is 1. The highest BCUT2D eigenvalue weighted by Crippen LogP contribution is 2.36. The van der Waals surface area contributed by atoms with E-state index in [2.05, 4.69) is 28.7 Å². The maximum absolute atomic E-state index is 10.7. The Labute approximate surface area is 170 Å². The first-order chi connectivity index (χ1) is 13.0. The second-order valence-corrected chi connectivity index (χ2v) is 10.2. The van der Waals surface area contributed by atoms with Gasteiger partial charge in [-0.1, -0.05) is 37.7 Å². The van der Waals surface area contributed by atoms with E-state index in [0.29, 0.717) is 17.8 Å². The lowest BCUT2D eigenvalue weighted by Gasteiger charge is -2.42. The van der Waals surface area contributed by atoms with E-state index in [0.717, 1.165) is 21.1 Å². The van der Waals surface area contributed by atoms with Gasteiger partial charge in [0.15, 0.2) is 5.13 Å². The molecule has 0 radical (unpaired) electrons. The van der Waals surface area contributed by atoms with E-state index in [9.17, 15) is 4.79 Å². The van der Waals surface area contributed by atoms with E-state index in [1.165, 1.54) is 51.4 Å². The summed E-state index contributed by atoms with van der Waals surface area (Å²) < 4.78 is 1.05. The Hall–Kier alpha value is -1.21. The van der Waals surface area contributed by atoms with Crippen LogP contribution in [0.4, 0.5) is 5.13 Å². The molecule has 0 aromatic carbocycles.